The van der Waals surface area contributed by atoms with Crippen LogP contribution in [0.1, 0.15) is 105 Å². The van der Waals surface area contributed by atoms with E-state index in [9.17, 15) is 9.90 Å². The van der Waals surface area contributed by atoms with Gasteiger partial charge in [0.05, 0.1) is 5.97 Å². The summed E-state index contributed by atoms with van der Waals surface area (Å²) in [5, 5.41) is 9.70. The molecule has 4 heteroatoms. The van der Waals surface area contributed by atoms with Crippen molar-refractivity contribution in [1.29, 1.82) is 0 Å². The molecule has 0 N–H and O–H groups in total. The number of carbonyl (C=O) groups excluding carboxylic acids is 1. The van der Waals surface area contributed by atoms with Gasteiger partial charge in [-0.2, -0.15) is 12.6 Å². The molecule has 1 atom stereocenters. The van der Waals surface area contributed by atoms with Crippen LogP contribution in [0.2, 0.25) is 13.3 Å². The zero-order valence-corrected chi connectivity index (χ0v) is 22.1. The van der Waals surface area contributed by atoms with Crippen LogP contribution in [-0.4, -0.2) is 31.0 Å². The molecule has 0 fully saturated rings. The van der Waals surface area contributed by atoms with Gasteiger partial charge in [0.25, 0.3) is 0 Å². The van der Waals surface area contributed by atoms with Gasteiger partial charge in [-0.3, -0.25) is 0 Å². The summed E-state index contributed by atoms with van der Waals surface area (Å²) in [6, 6.07) is 0. The van der Waals surface area contributed by atoms with Gasteiger partial charge in [-0.15, -0.1) is 0 Å². The van der Waals surface area contributed by atoms with Crippen molar-refractivity contribution in [2.45, 2.75) is 124 Å². The molecule has 0 saturated heterocycles. The summed E-state index contributed by atoms with van der Waals surface area (Å²) in [5.74, 6) is -0.305. The summed E-state index contributed by atoms with van der Waals surface area (Å²) in [4.78, 5) is 10.3. The van der Waals surface area contributed by atoms with Crippen LogP contribution in [0.4, 0.5) is 0 Å². The molecule has 0 aromatic carbocycles. The Bertz CT molecular complexity index is 279. The quantitative estimate of drug-likeness (QED) is 0.151. The fourth-order valence-electron chi connectivity index (χ4n) is 2.84. The minimum atomic E-state index is -1.05. The zero-order valence-electron chi connectivity index (χ0n) is 18.3. The Hall–Kier alpha value is 0.619. The Morgan fingerprint density at radius 1 is 0.808 bits per heavy atom. The number of hydrogen-bond donors (Lipinski definition) is 1. The topological polar surface area (TPSA) is 40.1 Å². The third-order valence-electron chi connectivity index (χ3n) is 4.68. The van der Waals surface area contributed by atoms with Crippen LogP contribution in [-0.2, 0) is 4.79 Å². The van der Waals surface area contributed by atoms with E-state index >= 15 is 0 Å². The molecule has 0 radical (unpaired) electrons. The van der Waals surface area contributed by atoms with Crippen LogP contribution in [0.15, 0.2) is 0 Å². The van der Waals surface area contributed by atoms with Gasteiger partial charge in [-0.05, 0) is 12.3 Å². The third-order valence-corrected chi connectivity index (χ3v) is 14.2. The number of carbonyl (C=O) groups is 1. The van der Waals surface area contributed by atoms with Crippen LogP contribution in [0.25, 0.3) is 0 Å². The van der Waals surface area contributed by atoms with Crippen molar-refractivity contribution in [3.05, 3.63) is 0 Å². The normalized spacial score (nSPS) is 11.8. The van der Waals surface area contributed by atoms with Crippen LogP contribution < -0.4 is 5.11 Å². The fourth-order valence-corrected chi connectivity index (χ4v) is 12.5. The third kappa shape index (κ3) is 22.7. The number of carboxylic acid groups (broad SMARTS) is 1. The van der Waals surface area contributed by atoms with Gasteiger partial charge in [0.15, 0.2) is 0 Å². The molecule has 26 heavy (non-hydrogen) atoms. The first-order valence-corrected chi connectivity index (χ1v) is 17.7. The zero-order chi connectivity index (χ0) is 20.2. The number of thiol groups is 1. The first kappa shape index (κ1) is 28.8. The minimum absolute atomic E-state index is 0.584. The van der Waals surface area contributed by atoms with Gasteiger partial charge in [0.1, 0.15) is 0 Å². The number of unbranched alkanes of at least 4 members (excludes halogenated alkanes) is 5. The number of rotatable bonds is 16. The fraction of sp³-hybridized carbons (Fsp3) is 0.955. The molecule has 156 valence electrons. The Balaban J connectivity index is 0. The van der Waals surface area contributed by atoms with Crippen molar-refractivity contribution >= 4 is 38.4 Å². The predicted octanol–water partition coefficient (Wildman–Crippen LogP) is 6.52. The van der Waals surface area contributed by atoms with E-state index in [1.807, 2.05) is 0 Å². The van der Waals surface area contributed by atoms with Crippen molar-refractivity contribution < 1.29 is 9.90 Å². The Labute approximate surface area is 177 Å². The summed E-state index contributed by atoms with van der Waals surface area (Å²) in [6.07, 6.45) is 13.9. The molecule has 1 unspecified atom stereocenters. The molecular weight excluding hydrogens is 447 g/mol. The molecular formula is C22H46O2SSn. The number of hydrogen-bond acceptors (Lipinski definition) is 3. The Morgan fingerprint density at radius 3 is 1.58 bits per heavy atom. The standard InChI is InChI=1S/C10H20O2S.3C4H9.Sn/c1-8(2)6-4-3-5-7-9(13)10(11)12;3*1-3-4-2;/h8-9,13H,3-7H2,1-2H3,(H,11,12);3*1,3-4H2,2H3;/q;;;;+1/p-1. The summed E-state index contributed by atoms with van der Waals surface area (Å²) in [5.41, 5.74) is 0. The van der Waals surface area contributed by atoms with E-state index in [1.54, 1.807) is 13.3 Å². The molecule has 0 saturated carbocycles. The second kappa shape index (κ2) is 21.9. The first-order valence-electron chi connectivity index (χ1n) is 11.1. The second-order valence-corrected chi connectivity index (χ2v) is 17.1. The van der Waals surface area contributed by atoms with Crippen molar-refractivity contribution in [3.63, 3.8) is 0 Å². The van der Waals surface area contributed by atoms with Crippen molar-refractivity contribution in [3.8, 4) is 0 Å². The van der Waals surface area contributed by atoms with Crippen LogP contribution in [0.3, 0.4) is 0 Å². The van der Waals surface area contributed by atoms with Crippen molar-refractivity contribution in [1.82, 2.24) is 0 Å². The summed E-state index contributed by atoms with van der Waals surface area (Å²) in [6.45, 7) is 11.4. The van der Waals surface area contributed by atoms with Crippen LogP contribution >= 0.6 is 12.6 Å². The predicted molar refractivity (Wildman–Crippen MR) is 121 cm³/mol. The Kier molecular flexibility index (Phi) is 24.3. The maximum atomic E-state index is 10.3. The first-order chi connectivity index (χ1) is 12.4. The molecule has 0 aliphatic carbocycles. The van der Waals surface area contributed by atoms with Crippen LogP contribution in [0, 0.1) is 5.92 Å². The molecule has 0 amide bonds. The van der Waals surface area contributed by atoms with E-state index < -0.39 is 31.0 Å². The maximum absolute atomic E-state index is 10.3. The number of aliphatic carboxylic acids is 1. The van der Waals surface area contributed by atoms with Gasteiger partial charge in [-0.1, -0.05) is 39.5 Å². The molecule has 0 aliphatic rings. The SMILES string of the molecule is CC(C)CCCCCC(S)C(=O)[O-].CCC[CH2][Sn+]([CH2]CCC)[CH2]CCC. The average molecular weight is 493 g/mol. The van der Waals surface area contributed by atoms with Gasteiger partial charge < -0.3 is 9.90 Å². The number of carboxylic acids is 1. The molecule has 0 spiro atoms. The summed E-state index contributed by atoms with van der Waals surface area (Å²) >= 11 is 3.07. The monoisotopic (exact) mass is 494 g/mol. The average Bonchev–Trinajstić information content (AvgIpc) is 2.60. The molecule has 0 aromatic heterocycles. The molecule has 0 aliphatic heterocycles. The molecule has 2 nitrogen and oxygen atoms in total. The van der Waals surface area contributed by atoms with Gasteiger partial charge in [0.2, 0.25) is 0 Å². The van der Waals surface area contributed by atoms with E-state index in [2.05, 4.69) is 47.2 Å². The van der Waals surface area contributed by atoms with E-state index in [4.69, 9.17) is 0 Å². The molecule has 0 bridgehead atoms. The van der Waals surface area contributed by atoms with E-state index in [1.165, 1.54) is 51.4 Å². The molecule has 0 rings (SSSR count). The summed E-state index contributed by atoms with van der Waals surface area (Å²) in [7, 11) is 0. The molecule has 0 aromatic rings. The van der Waals surface area contributed by atoms with Gasteiger partial charge in [-0.25, -0.2) is 0 Å². The van der Waals surface area contributed by atoms with E-state index in [-0.39, 0.29) is 0 Å². The van der Waals surface area contributed by atoms with Gasteiger partial charge in [0, 0.05) is 5.25 Å². The van der Waals surface area contributed by atoms with Crippen LogP contribution in [0.5, 0.6) is 0 Å². The Morgan fingerprint density at radius 2 is 1.23 bits per heavy atom. The van der Waals surface area contributed by atoms with E-state index in [0.29, 0.717) is 6.42 Å². The van der Waals surface area contributed by atoms with E-state index in [0.717, 1.165) is 18.8 Å². The molecule has 0 heterocycles. The van der Waals surface area contributed by atoms with Crippen molar-refractivity contribution in [2.75, 3.05) is 0 Å². The second-order valence-electron chi connectivity index (χ2n) is 7.93. The van der Waals surface area contributed by atoms with Crippen molar-refractivity contribution in [2.24, 2.45) is 5.92 Å². The van der Waals surface area contributed by atoms with Gasteiger partial charge >= 0.3 is 92.4 Å². The summed E-state index contributed by atoms with van der Waals surface area (Å²) < 4.78 is 5.04.